The lowest BCUT2D eigenvalue weighted by molar-refractivity contribution is 0.101. The van der Waals surface area contributed by atoms with E-state index in [4.69, 9.17) is 16.3 Å². The van der Waals surface area contributed by atoms with Gasteiger partial charge in [0.1, 0.15) is 12.4 Å². The summed E-state index contributed by atoms with van der Waals surface area (Å²) in [6.07, 6.45) is 0. The van der Waals surface area contributed by atoms with Crippen LogP contribution in [0.15, 0.2) is 48.5 Å². The van der Waals surface area contributed by atoms with Crippen molar-refractivity contribution in [2.45, 2.75) is 13.5 Å². The van der Waals surface area contributed by atoms with E-state index in [1.54, 1.807) is 18.2 Å². The third-order valence-electron chi connectivity index (χ3n) is 2.56. The number of rotatable bonds is 4. The molecule has 0 heterocycles. The molecule has 0 aliphatic heterocycles. The lowest BCUT2D eigenvalue weighted by Gasteiger charge is -2.10. The van der Waals surface area contributed by atoms with Crippen LogP contribution in [-0.2, 0) is 6.61 Å². The molecule has 0 unspecified atom stereocenters. The Morgan fingerprint density at radius 1 is 1.17 bits per heavy atom. The smallest absolute Gasteiger partial charge is 0.163 e. The standard InChI is InChI=1S/C15H13ClO2/c1-11(17)14-8-7-13(16)9-15(14)18-10-12-5-3-2-4-6-12/h2-9H,10H2,1H3. The maximum Gasteiger partial charge on any atom is 0.163 e. The van der Waals surface area contributed by atoms with Crippen molar-refractivity contribution in [1.29, 1.82) is 0 Å². The van der Waals surface area contributed by atoms with Crippen LogP contribution in [0.4, 0.5) is 0 Å². The van der Waals surface area contributed by atoms with Gasteiger partial charge in [0.2, 0.25) is 0 Å². The molecule has 2 aromatic rings. The van der Waals surface area contributed by atoms with Crippen molar-refractivity contribution in [3.05, 3.63) is 64.7 Å². The summed E-state index contributed by atoms with van der Waals surface area (Å²) in [4.78, 5) is 11.5. The van der Waals surface area contributed by atoms with E-state index in [-0.39, 0.29) is 5.78 Å². The fourth-order valence-electron chi connectivity index (χ4n) is 1.64. The van der Waals surface area contributed by atoms with Gasteiger partial charge in [-0.15, -0.1) is 0 Å². The molecule has 0 atom stereocenters. The van der Waals surface area contributed by atoms with Crippen molar-refractivity contribution in [1.82, 2.24) is 0 Å². The summed E-state index contributed by atoms with van der Waals surface area (Å²) in [7, 11) is 0. The lowest BCUT2D eigenvalue weighted by atomic mass is 10.1. The number of hydrogen-bond donors (Lipinski definition) is 0. The van der Waals surface area contributed by atoms with Crippen LogP contribution in [0.5, 0.6) is 5.75 Å². The fourth-order valence-corrected chi connectivity index (χ4v) is 1.80. The van der Waals surface area contributed by atoms with Crippen molar-refractivity contribution in [2.24, 2.45) is 0 Å². The third-order valence-corrected chi connectivity index (χ3v) is 2.80. The van der Waals surface area contributed by atoms with Crippen LogP contribution in [0.1, 0.15) is 22.8 Å². The predicted octanol–water partition coefficient (Wildman–Crippen LogP) is 4.12. The highest BCUT2D eigenvalue weighted by molar-refractivity contribution is 6.30. The number of Topliss-reactive ketones (excluding diaryl/α,β-unsaturated/α-hetero) is 1. The molecular weight excluding hydrogens is 248 g/mol. The molecule has 0 fully saturated rings. The molecule has 3 heteroatoms. The molecule has 0 saturated carbocycles. The van der Waals surface area contributed by atoms with E-state index in [9.17, 15) is 4.79 Å². The highest BCUT2D eigenvalue weighted by Gasteiger charge is 2.09. The van der Waals surface area contributed by atoms with Gasteiger partial charge in [-0.3, -0.25) is 4.79 Å². The number of carbonyl (C=O) groups is 1. The highest BCUT2D eigenvalue weighted by Crippen LogP contribution is 2.24. The van der Waals surface area contributed by atoms with Gasteiger partial charge in [-0.25, -0.2) is 0 Å². The molecular formula is C15H13ClO2. The second-order valence-electron chi connectivity index (χ2n) is 3.97. The number of carbonyl (C=O) groups excluding carboxylic acids is 1. The number of ether oxygens (including phenoxy) is 1. The van der Waals surface area contributed by atoms with E-state index < -0.39 is 0 Å². The molecule has 0 radical (unpaired) electrons. The number of hydrogen-bond acceptors (Lipinski definition) is 2. The maximum absolute atomic E-state index is 11.5. The topological polar surface area (TPSA) is 26.3 Å². The molecule has 0 saturated heterocycles. The summed E-state index contributed by atoms with van der Waals surface area (Å²) in [5.41, 5.74) is 1.60. The fraction of sp³-hybridized carbons (Fsp3) is 0.133. The normalized spacial score (nSPS) is 10.1. The highest BCUT2D eigenvalue weighted by atomic mass is 35.5. The van der Waals surface area contributed by atoms with Gasteiger partial charge < -0.3 is 4.74 Å². The van der Waals surface area contributed by atoms with E-state index in [2.05, 4.69) is 0 Å². The van der Waals surface area contributed by atoms with Crippen LogP contribution >= 0.6 is 11.6 Å². The number of halogens is 1. The van der Waals surface area contributed by atoms with Gasteiger partial charge >= 0.3 is 0 Å². The van der Waals surface area contributed by atoms with Crippen molar-refractivity contribution < 1.29 is 9.53 Å². The molecule has 92 valence electrons. The summed E-state index contributed by atoms with van der Waals surface area (Å²) in [6, 6.07) is 14.8. The molecule has 0 aliphatic carbocycles. The van der Waals surface area contributed by atoms with Crippen LogP contribution in [0.2, 0.25) is 5.02 Å². The summed E-state index contributed by atoms with van der Waals surface area (Å²) in [5.74, 6) is 0.494. The van der Waals surface area contributed by atoms with Crippen molar-refractivity contribution in [2.75, 3.05) is 0 Å². The first-order chi connectivity index (χ1) is 8.66. The second kappa shape index (κ2) is 5.69. The Morgan fingerprint density at radius 2 is 1.89 bits per heavy atom. The van der Waals surface area contributed by atoms with Crippen LogP contribution in [-0.4, -0.2) is 5.78 Å². The first-order valence-electron chi connectivity index (χ1n) is 5.64. The van der Waals surface area contributed by atoms with Crippen molar-refractivity contribution >= 4 is 17.4 Å². The van der Waals surface area contributed by atoms with E-state index in [0.29, 0.717) is 22.9 Å². The molecule has 2 rings (SSSR count). The zero-order valence-electron chi connectivity index (χ0n) is 10.0. The second-order valence-corrected chi connectivity index (χ2v) is 4.41. The molecule has 0 spiro atoms. The summed E-state index contributed by atoms with van der Waals surface area (Å²) < 4.78 is 5.66. The molecule has 0 aliphatic rings. The molecule has 2 aromatic carbocycles. The van der Waals surface area contributed by atoms with Gasteiger partial charge in [-0.05, 0) is 30.7 Å². The quantitative estimate of drug-likeness (QED) is 0.773. The summed E-state index contributed by atoms with van der Waals surface area (Å²) in [5, 5.41) is 0.558. The number of benzene rings is 2. The van der Waals surface area contributed by atoms with E-state index in [1.165, 1.54) is 6.92 Å². The molecule has 0 amide bonds. The molecule has 0 aromatic heterocycles. The number of ketones is 1. The van der Waals surface area contributed by atoms with Gasteiger partial charge in [0.05, 0.1) is 5.56 Å². The zero-order chi connectivity index (χ0) is 13.0. The molecule has 2 nitrogen and oxygen atoms in total. The summed E-state index contributed by atoms with van der Waals surface area (Å²) in [6.45, 7) is 1.93. The zero-order valence-corrected chi connectivity index (χ0v) is 10.8. The summed E-state index contributed by atoms with van der Waals surface area (Å²) >= 11 is 5.91. The van der Waals surface area contributed by atoms with Crippen LogP contribution in [0.3, 0.4) is 0 Å². The van der Waals surface area contributed by atoms with Crippen molar-refractivity contribution in [3.63, 3.8) is 0 Å². The molecule has 0 N–H and O–H groups in total. The van der Waals surface area contributed by atoms with Crippen LogP contribution < -0.4 is 4.74 Å². The van der Waals surface area contributed by atoms with Gasteiger partial charge in [0.15, 0.2) is 5.78 Å². The van der Waals surface area contributed by atoms with Crippen LogP contribution in [0, 0.1) is 0 Å². The van der Waals surface area contributed by atoms with Gasteiger partial charge in [0, 0.05) is 5.02 Å². The monoisotopic (exact) mass is 260 g/mol. The maximum atomic E-state index is 11.5. The van der Waals surface area contributed by atoms with E-state index >= 15 is 0 Å². The Kier molecular flexibility index (Phi) is 4.00. The van der Waals surface area contributed by atoms with E-state index in [1.807, 2.05) is 30.3 Å². The lowest BCUT2D eigenvalue weighted by Crippen LogP contribution is -2.01. The van der Waals surface area contributed by atoms with Gasteiger partial charge in [0.25, 0.3) is 0 Å². The minimum atomic E-state index is -0.0327. The Bertz CT molecular complexity index is 550. The largest absolute Gasteiger partial charge is 0.488 e. The van der Waals surface area contributed by atoms with Gasteiger partial charge in [-0.1, -0.05) is 41.9 Å². The molecule has 18 heavy (non-hydrogen) atoms. The Balaban J connectivity index is 2.18. The minimum Gasteiger partial charge on any atom is -0.488 e. The Morgan fingerprint density at radius 3 is 2.56 bits per heavy atom. The average molecular weight is 261 g/mol. The third kappa shape index (κ3) is 3.11. The van der Waals surface area contributed by atoms with Crippen LogP contribution in [0.25, 0.3) is 0 Å². The predicted molar refractivity (Wildman–Crippen MR) is 72.2 cm³/mol. The van der Waals surface area contributed by atoms with Crippen molar-refractivity contribution in [3.8, 4) is 5.75 Å². The average Bonchev–Trinajstić information content (AvgIpc) is 2.37. The Labute approximate surface area is 111 Å². The Hall–Kier alpha value is -1.80. The first kappa shape index (κ1) is 12.7. The SMILES string of the molecule is CC(=O)c1ccc(Cl)cc1OCc1ccccc1. The van der Waals surface area contributed by atoms with E-state index in [0.717, 1.165) is 5.56 Å². The first-order valence-corrected chi connectivity index (χ1v) is 6.02. The van der Waals surface area contributed by atoms with Gasteiger partial charge in [-0.2, -0.15) is 0 Å². The minimum absolute atomic E-state index is 0.0327. The molecule has 0 bridgehead atoms.